The molecule has 16 heavy (non-hydrogen) atoms. The lowest BCUT2D eigenvalue weighted by Crippen LogP contribution is -2.36. The fourth-order valence-electron chi connectivity index (χ4n) is 2.76. The molecule has 0 radical (unpaired) electrons. The van der Waals surface area contributed by atoms with Gasteiger partial charge in [-0.15, -0.1) is 0 Å². The van der Waals surface area contributed by atoms with Crippen LogP contribution in [0, 0.1) is 0 Å². The topological polar surface area (TPSA) is 61.4 Å². The highest BCUT2D eigenvalue weighted by atomic mass is 16.3. The van der Waals surface area contributed by atoms with Crippen molar-refractivity contribution in [3.63, 3.8) is 0 Å². The van der Waals surface area contributed by atoms with Gasteiger partial charge in [0.1, 0.15) is 0 Å². The van der Waals surface area contributed by atoms with E-state index in [2.05, 4.69) is 10.6 Å². The normalized spacial score (nSPS) is 31.8. The van der Waals surface area contributed by atoms with Crippen molar-refractivity contribution in [2.45, 2.75) is 17.9 Å². The van der Waals surface area contributed by atoms with Gasteiger partial charge >= 0.3 is 0 Å². The van der Waals surface area contributed by atoms with Crippen LogP contribution >= 0.6 is 0 Å². The van der Waals surface area contributed by atoms with E-state index in [-0.39, 0.29) is 18.6 Å². The van der Waals surface area contributed by atoms with Crippen molar-refractivity contribution in [2.75, 3.05) is 18.5 Å². The maximum Gasteiger partial charge on any atom is 0.236 e. The monoisotopic (exact) mass is 218 g/mol. The number of hydrogen-bond acceptors (Lipinski definition) is 3. The van der Waals surface area contributed by atoms with Gasteiger partial charge in [-0.3, -0.25) is 4.79 Å². The predicted octanol–water partition coefficient (Wildman–Crippen LogP) is 0.231. The van der Waals surface area contributed by atoms with Gasteiger partial charge in [0.15, 0.2) is 0 Å². The van der Waals surface area contributed by atoms with Crippen LogP contribution in [-0.4, -0.2) is 30.2 Å². The highest BCUT2D eigenvalue weighted by molar-refractivity contribution is 6.06. The Hall–Kier alpha value is -1.39. The largest absolute Gasteiger partial charge is 0.395 e. The fourth-order valence-corrected chi connectivity index (χ4v) is 2.76. The van der Waals surface area contributed by atoms with E-state index in [1.807, 2.05) is 24.3 Å². The molecule has 2 heterocycles. The summed E-state index contributed by atoms with van der Waals surface area (Å²) in [5.74, 6) is 0.0529. The standard InChI is InChI=1S/C12H14N2O2/c15-6-8-5-12(7-13-8)9-3-1-2-4-10(9)14-11(12)16/h1-4,8,13,15H,5-7H2,(H,14,16). The third kappa shape index (κ3) is 1.14. The van der Waals surface area contributed by atoms with Crippen molar-refractivity contribution < 1.29 is 9.90 Å². The van der Waals surface area contributed by atoms with Crippen LogP contribution in [0.5, 0.6) is 0 Å². The maximum absolute atomic E-state index is 12.1. The summed E-state index contributed by atoms with van der Waals surface area (Å²) in [6, 6.07) is 7.82. The number of aliphatic hydroxyl groups excluding tert-OH is 1. The third-order valence-electron chi connectivity index (χ3n) is 3.63. The highest BCUT2D eigenvalue weighted by Gasteiger charge is 2.51. The number of hydrogen-bond donors (Lipinski definition) is 3. The van der Waals surface area contributed by atoms with Gasteiger partial charge in [0.05, 0.1) is 12.0 Å². The van der Waals surface area contributed by atoms with E-state index in [0.29, 0.717) is 13.0 Å². The Balaban J connectivity index is 2.05. The van der Waals surface area contributed by atoms with Crippen molar-refractivity contribution in [1.82, 2.24) is 5.32 Å². The lowest BCUT2D eigenvalue weighted by Gasteiger charge is -2.19. The molecule has 2 atom stereocenters. The summed E-state index contributed by atoms with van der Waals surface area (Å²) >= 11 is 0. The number of carbonyl (C=O) groups excluding carboxylic acids is 1. The molecule has 2 aliphatic heterocycles. The summed E-state index contributed by atoms with van der Waals surface area (Å²) in [5.41, 5.74) is 1.50. The number of aliphatic hydroxyl groups is 1. The average molecular weight is 218 g/mol. The van der Waals surface area contributed by atoms with Crippen LogP contribution in [-0.2, 0) is 10.2 Å². The van der Waals surface area contributed by atoms with Gasteiger partial charge < -0.3 is 15.7 Å². The number of anilines is 1. The number of amides is 1. The van der Waals surface area contributed by atoms with Gasteiger partial charge in [0, 0.05) is 18.3 Å². The highest BCUT2D eigenvalue weighted by Crippen LogP contribution is 2.42. The Morgan fingerprint density at radius 2 is 2.25 bits per heavy atom. The number of benzene rings is 1. The number of nitrogens with one attached hydrogen (secondary N) is 2. The van der Waals surface area contributed by atoms with E-state index in [1.165, 1.54) is 0 Å². The molecule has 1 amide bonds. The Morgan fingerprint density at radius 3 is 3.00 bits per heavy atom. The van der Waals surface area contributed by atoms with Crippen molar-refractivity contribution in [1.29, 1.82) is 0 Å². The first-order valence-electron chi connectivity index (χ1n) is 5.51. The quantitative estimate of drug-likeness (QED) is 0.632. The molecule has 0 bridgehead atoms. The number of para-hydroxylation sites is 1. The van der Waals surface area contributed by atoms with Crippen LogP contribution in [0.15, 0.2) is 24.3 Å². The minimum Gasteiger partial charge on any atom is -0.395 e. The molecule has 3 rings (SSSR count). The zero-order valence-corrected chi connectivity index (χ0v) is 8.86. The summed E-state index contributed by atoms with van der Waals surface area (Å²) in [6.07, 6.45) is 0.673. The predicted molar refractivity (Wildman–Crippen MR) is 60.2 cm³/mol. The molecule has 1 saturated heterocycles. The zero-order valence-electron chi connectivity index (χ0n) is 8.86. The van der Waals surface area contributed by atoms with Crippen LogP contribution in [0.1, 0.15) is 12.0 Å². The Kier molecular flexibility index (Phi) is 2.02. The van der Waals surface area contributed by atoms with Gasteiger partial charge in [0.2, 0.25) is 5.91 Å². The van der Waals surface area contributed by atoms with E-state index in [0.717, 1.165) is 11.3 Å². The maximum atomic E-state index is 12.1. The first-order chi connectivity index (χ1) is 7.76. The van der Waals surface area contributed by atoms with Crippen molar-refractivity contribution in [2.24, 2.45) is 0 Å². The molecule has 0 saturated carbocycles. The molecule has 2 unspecified atom stereocenters. The molecule has 4 nitrogen and oxygen atoms in total. The second-order valence-corrected chi connectivity index (χ2v) is 4.55. The summed E-state index contributed by atoms with van der Waals surface area (Å²) in [7, 11) is 0. The average Bonchev–Trinajstić information content (AvgIpc) is 2.85. The summed E-state index contributed by atoms with van der Waals surface area (Å²) in [4.78, 5) is 12.1. The van der Waals surface area contributed by atoms with E-state index in [4.69, 9.17) is 5.11 Å². The Bertz CT molecular complexity index is 446. The summed E-state index contributed by atoms with van der Waals surface area (Å²) in [5, 5.41) is 15.3. The molecule has 84 valence electrons. The lowest BCUT2D eigenvalue weighted by atomic mass is 9.80. The van der Waals surface area contributed by atoms with Crippen LogP contribution in [0.25, 0.3) is 0 Å². The molecule has 1 aromatic carbocycles. The molecule has 1 aromatic rings. The smallest absolute Gasteiger partial charge is 0.236 e. The Morgan fingerprint density at radius 1 is 1.44 bits per heavy atom. The van der Waals surface area contributed by atoms with Crippen molar-refractivity contribution in [3.05, 3.63) is 29.8 Å². The summed E-state index contributed by atoms with van der Waals surface area (Å²) < 4.78 is 0. The minimum atomic E-state index is -0.468. The van der Waals surface area contributed by atoms with Gasteiger partial charge in [-0.05, 0) is 18.1 Å². The van der Waals surface area contributed by atoms with E-state index in [1.54, 1.807) is 0 Å². The van der Waals surface area contributed by atoms with Gasteiger partial charge in [-0.25, -0.2) is 0 Å². The van der Waals surface area contributed by atoms with Crippen LogP contribution in [0.3, 0.4) is 0 Å². The van der Waals surface area contributed by atoms with Gasteiger partial charge in [-0.1, -0.05) is 18.2 Å². The van der Waals surface area contributed by atoms with Crippen LogP contribution in [0.4, 0.5) is 5.69 Å². The first kappa shape index (κ1) is 9.81. The minimum absolute atomic E-state index is 0.0249. The zero-order chi connectivity index (χ0) is 11.2. The molecule has 3 N–H and O–H groups in total. The molecule has 2 aliphatic rings. The number of rotatable bonds is 1. The lowest BCUT2D eigenvalue weighted by molar-refractivity contribution is -0.120. The SMILES string of the molecule is O=C1Nc2ccccc2C12CNC(CO)C2. The molecular formula is C12H14N2O2. The molecule has 1 spiro atoms. The van der Waals surface area contributed by atoms with Crippen LogP contribution in [0.2, 0.25) is 0 Å². The van der Waals surface area contributed by atoms with E-state index < -0.39 is 5.41 Å². The molecule has 4 heteroatoms. The molecule has 1 fully saturated rings. The fraction of sp³-hybridized carbons (Fsp3) is 0.417. The van der Waals surface area contributed by atoms with Crippen LogP contribution < -0.4 is 10.6 Å². The first-order valence-corrected chi connectivity index (χ1v) is 5.51. The molecule has 0 aromatic heterocycles. The molecular weight excluding hydrogens is 204 g/mol. The Labute approximate surface area is 93.7 Å². The second-order valence-electron chi connectivity index (χ2n) is 4.55. The van der Waals surface area contributed by atoms with Gasteiger partial charge in [0.25, 0.3) is 0 Å². The van der Waals surface area contributed by atoms with Crippen molar-refractivity contribution >= 4 is 11.6 Å². The second kappa shape index (κ2) is 3.30. The summed E-state index contributed by atoms with van der Waals surface area (Å²) in [6.45, 7) is 0.693. The number of fused-ring (bicyclic) bond motifs is 2. The van der Waals surface area contributed by atoms with Gasteiger partial charge in [-0.2, -0.15) is 0 Å². The number of carbonyl (C=O) groups is 1. The molecule has 0 aliphatic carbocycles. The van der Waals surface area contributed by atoms with Crippen molar-refractivity contribution in [3.8, 4) is 0 Å². The third-order valence-corrected chi connectivity index (χ3v) is 3.63. The van der Waals surface area contributed by atoms with E-state index >= 15 is 0 Å². The van der Waals surface area contributed by atoms with E-state index in [9.17, 15) is 4.79 Å².